The predicted molar refractivity (Wildman–Crippen MR) is 236 cm³/mol. The number of pyridine rings is 1. The number of carbonyl (C=O) groups is 2. The van der Waals surface area contributed by atoms with Crippen LogP contribution in [0.25, 0.3) is 33.9 Å². The second kappa shape index (κ2) is 19.1. The van der Waals surface area contributed by atoms with Crippen LogP contribution in [-0.2, 0) is 38.0 Å². The SMILES string of the molecule is COc1ccc(Cn2c(-c3nc(C(=O)NCc4ccc(OC)cc4OC)cc4c3cnn4C)nnc2-c2c(OCc3ccccc3)c(C)nn2CCCNC(=O)OC(C)(C)C)cc1. The largest absolute Gasteiger partial charge is 0.497 e. The number of aryl methyl sites for hydroxylation is 3. The van der Waals surface area contributed by atoms with E-state index >= 15 is 0 Å². The molecule has 17 nitrogen and oxygen atoms in total. The highest BCUT2D eigenvalue weighted by atomic mass is 16.6. The zero-order valence-corrected chi connectivity index (χ0v) is 36.8. The number of aromatic nitrogens is 8. The summed E-state index contributed by atoms with van der Waals surface area (Å²) >= 11 is 0. The molecule has 0 saturated carbocycles. The number of hydrogen-bond acceptors (Lipinski definition) is 12. The van der Waals surface area contributed by atoms with E-state index in [1.807, 2.05) is 104 Å². The van der Waals surface area contributed by atoms with Crippen molar-refractivity contribution in [2.75, 3.05) is 27.9 Å². The molecule has 0 spiro atoms. The Morgan fingerprint density at radius 2 is 1.56 bits per heavy atom. The Bertz CT molecular complexity index is 2700. The molecule has 17 heteroatoms. The molecule has 0 unspecified atom stereocenters. The normalized spacial score (nSPS) is 11.4. The molecule has 0 aliphatic rings. The van der Waals surface area contributed by atoms with Crippen molar-refractivity contribution in [3.63, 3.8) is 0 Å². The van der Waals surface area contributed by atoms with Crippen molar-refractivity contribution in [3.05, 3.63) is 113 Å². The molecule has 7 aromatic rings. The second-order valence-corrected chi connectivity index (χ2v) is 15.7. The molecule has 0 bridgehead atoms. The van der Waals surface area contributed by atoms with Gasteiger partial charge in [0, 0.05) is 43.7 Å². The number of alkyl carbamates (subject to hydrolysis) is 1. The molecule has 4 aromatic heterocycles. The first-order valence-corrected chi connectivity index (χ1v) is 20.5. The summed E-state index contributed by atoms with van der Waals surface area (Å²) in [6, 6.07) is 24.7. The Labute approximate surface area is 365 Å². The summed E-state index contributed by atoms with van der Waals surface area (Å²) in [5.41, 5.74) is 4.46. The number of methoxy groups -OCH3 is 3. The van der Waals surface area contributed by atoms with Crippen LogP contribution >= 0.6 is 0 Å². The summed E-state index contributed by atoms with van der Waals surface area (Å²) in [6.07, 6.45) is 1.72. The smallest absolute Gasteiger partial charge is 0.407 e. The maximum atomic E-state index is 14.0. The van der Waals surface area contributed by atoms with E-state index in [-0.39, 0.29) is 18.8 Å². The molecule has 0 atom stereocenters. The first-order valence-electron chi connectivity index (χ1n) is 20.5. The number of amides is 2. The molecule has 0 saturated heterocycles. The van der Waals surface area contributed by atoms with Gasteiger partial charge in [-0.25, -0.2) is 9.78 Å². The lowest BCUT2D eigenvalue weighted by molar-refractivity contribution is 0.0526. The Morgan fingerprint density at radius 1 is 0.825 bits per heavy atom. The van der Waals surface area contributed by atoms with Gasteiger partial charge in [0.05, 0.1) is 39.6 Å². The van der Waals surface area contributed by atoms with Gasteiger partial charge in [-0.3, -0.25) is 18.7 Å². The number of ether oxygens (including phenoxy) is 5. The minimum Gasteiger partial charge on any atom is -0.497 e. The fraction of sp³-hybridized carbons (Fsp3) is 0.326. The average Bonchev–Trinajstić information content (AvgIpc) is 3.96. The number of benzene rings is 3. The van der Waals surface area contributed by atoms with Crippen LogP contribution in [0.2, 0.25) is 0 Å². The highest BCUT2D eigenvalue weighted by molar-refractivity contribution is 5.99. The summed E-state index contributed by atoms with van der Waals surface area (Å²) in [5, 5.41) is 25.6. The lowest BCUT2D eigenvalue weighted by Crippen LogP contribution is -2.33. The molecule has 328 valence electrons. The lowest BCUT2D eigenvalue weighted by atomic mass is 10.1. The van der Waals surface area contributed by atoms with Crippen molar-refractivity contribution < 1.29 is 33.3 Å². The maximum absolute atomic E-state index is 14.0. The number of nitrogens with one attached hydrogen (secondary N) is 2. The van der Waals surface area contributed by atoms with E-state index in [4.69, 9.17) is 44.0 Å². The van der Waals surface area contributed by atoms with Crippen LogP contribution < -0.4 is 29.6 Å². The molecule has 63 heavy (non-hydrogen) atoms. The molecule has 2 amide bonds. The molecule has 7 rings (SSSR count). The second-order valence-electron chi connectivity index (χ2n) is 15.7. The van der Waals surface area contributed by atoms with Gasteiger partial charge in [-0.15, -0.1) is 10.2 Å². The third-order valence-corrected chi connectivity index (χ3v) is 10.1. The fourth-order valence-corrected chi connectivity index (χ4v) is 6.99. The average molecular weight is 857 g/mol. The van der Waals surface area contributed by atoms with Crippen molar-refractivity contribution >= 4 is 22.9 Å². The summed E-state index contributed by atoms with van der Waals surface area (Å²) in [4.78, 5) is 31.5. The Hall–Kier alpha value is -7.43. The Kier molecular flexibility index (Phi) is 13.2. The molecule has 0 radical (unpaired) electrons. The number of rotatable bonds is 17. The number of carbonyl (C=O) groups excluding carboxylic acids is 2. The minimum atomic E-state index is -0.627. The van der Waals surface area contributed by atoms with E-state index in [1.54, 1.807) is 51.4 Å². The van der Waals surface area contributed by atoms with Crippen LogP contribution in [0.4, 0.5) is 4.79 Å². The summed E-state index contributed by atoms with van der Waals surface area (Å²) < 4.78 is 33.9. The molecular weight excluding hydrogens is 805 g/mol. The minimum absolute atomic E-state index is 0.152. The molecule has 0 fully saturated rings. The first-order chi connectivity index (χ1) is 30.3. The molecule has 0 aliphatic heterocycles. The van der Waals surface area contributed by atoms with Crippen LogP contribution in [0.5, 0.6) is 23.0 Å². The number of fused-ring (bicyclic) bond motifs is 1. The lowest BCUT2D eigenvalue weighted by Gasteiger charge is -2.19. The van der Waals surface area contributed by atoms with Gasteiger partial charge in [0.1, 0.15) is 52.2 Å². The van der Waals surface area contributed by atoms with Gasteiger partial charge in [0.2, 0.25) is 0 Å². The third-order valence-electron chi connectivity index (χ3n) is 10.1. The first kappa shape index (κ1) is 43.7. The zero-order chi connectivity index (χ0) is 44.7. The summed E-state index contributed by atoms with van der Waals surface area (Å²) in [5.74, 6) is 2.86. The summed E-state index contributed by atoms with van der Waals surface area (Å²) in [6.45, 7) is 8.81. The molecule has 3 aromatic carbocycles. The van der Waals surface area contributed by atoms with E-state index in [9.17, 15) is 9.59 Å². The van der Waals surface area contributed by atoms with E-state index in [0.29, 0.717) is 88.7 Å². The van der Waals surface area contributed by atoms with Gasteiger partial charge in [-0.1, -0.05) is 42.5 Å². The van der Waals surface area contributed by atoms with Crippen molar-refractivity contribution in [1.29, 1.82) is 0 Å². The topological polar surface area (TPSA) is 184 Å². The van der Waals surface area contributed by atoms with Crippen molar-refractivity contribution in [2.45, 2.75) is 66.0 Å². The van der Waals surface area contributed by atoms with Crippen LogP contribution in [0.3, 0.4) is 0 Å². The van der Waals surface area contributed by atoms with Crippen LogP contribution in [-0.4, -0.2) is 84.8 Å². The summed E-state index contributed by atoms with van der Waals surface area (Å²) in [7, 11) is 6.57. The van der Waals surface area contributed by atoms with Gasteiger partial charge in [0.25, 0.3) is 5.91 Å². The monoisotopic (exact) mass is 856 g/mol. The molecule has 0 aliphatic carbocycles. The van der Waals surface area contributed by atoms with Crippen LogP contribution in [0, 0.1) is 6.92 Å². The maximum Gasteiger partial charge on any atom is 0.407 e. The highest BCUT2D eigenvalue weighted by Crippen LogP contribution is 2.37. The fourth-order valence-electron chi connectivity index (χ4n) is 6.99. The Balaban J connectivity index is 1.32. The van der Waals surface area contributed by atoms with Gasteiger partial charge in [0.15, 0.2) is 17.4 Å². The van der Waals surface area contributed by atoms with Crippen molar-refractivity contribution in [3.8, 4) is 46.0 Å². The quantitative estimate of drug-likeness (QED) is 0.0906. The predicted octanol–water partition coefficient (Wildman–Crippen LogP) is 6.90. The van der Waals surface area contributed by atoms with Crippen molar-refractivity contribution in [2.24, 2.45) is 7.05 Å². The van der Waals surface area contributed by atoms with Gasteiger partial charge < -0.3 is 34.3 Å². The standard InChI is InChI=1S/C46H52N10O7/c1-29-41(62-28-31-13-10-9-11-14-31)40(56(53-29)22-12-21-47-45(58)63-46(2,3)4)43-52-51-42(55(43)27-30-15-18-33(59-6)19-16-30)39-35-26-49-54(5)37(35)24-36(50-39)44(57)48-25-32-17-20-34(60-7)23-38(32)61-8/h9-11,13-20,23-24,26H,12,21-22,25,27-28H2,1-8H3,(H,47,58)(H,48,57). The van der Waals surface area contributed by atoms with E-state index in [0.717, 1.165) is 16.7 Å². The highest BCUT2D eigenvalue weighted by Gasteiger charge is 2.29. The number of nitrogens with zero attached hydrogens (tertiary/aromatic N) is 8. The van der Waals surface area contributed by atoms with Crippen LogP contribution in [0.15, 0.2) is 85.1 Å². The molecule has 4 heterocycles. The molecular formula is C46H52N10O7. The van der Waals surface area contributed by atoms with E-state index < -0.39 is 17.6 Å². The van der Waals surface area contributed by atoms with Crippen LogP contribution in [0.1, 0.15) is 60.1 Å². The molecule has 2 N–H and O–H groups in total. The van der Waals surface area contributed by atoms with Gasteiger partial charge in [-0.05, 0) is 75.6 Å². The van der Waals surface area contributed by atoms with E-state index in [2.05, 4.69) is 15.7 Å². The third kappa shape index (κ3) is 10.2. The zero-order valence-electron chi connectivity index (χ0n) is 36.8. The Morgan fingerprint density at radius 3 is 2.27 bits per heavy atom. The van der Waals surface area contributed by atoms with Gasteiger partial charge >= 0.3 is 6.09 Å². The number of hydrogen-bond donors (Lipinski definition) is 2. The van der Waals surface area contributed by atoms with Crippen molar-refractivity contribution in [1.82, 2.24) is 49.9 Å². The van der Waals surface area contributed by atoms with E-state index in [1.165, 1.54) is 0 Å². The van der Waals surface area contributed by atoms with Gasteiger partial charge in [-0.2, -0.15) is 10.2 Å².